The second kappa shape index (κ2) is 3.08. The first-order valence-corrected chi connectivity index (χ1v) is 3.99. The van der Waals surface area contributed by atoms with Crippen LogP contribution in [-0.4, -0.2) is 26.3 Å². The van der Waals surface area contributed by atoms with E-state index in [9.17, 15) is 4.79 Å². The van der Waals surface area contributed by atoms with Crippen LogP contribution in [-0.2, 0) is 6.54 Å². The number of fused-ring (bicyclic) bond motifs is 1. The quantitative estimate of drug-likeness (QED) is 0.626. The van der Waals surface area contributed by atoms with Crippen LogP contribution in [0.4, 0.5) is 0 Å². The van der Waals surface area contributed by atoms with Gasteiger partial charge in [0.25, 0.3) is 0 Å². The van der Waals surface area contributed by atoms with Crippen LogP contribution in [0.15, 0.2) is 12.3 Å². The number of pyridine rings is 1. The molecule has 0 atom stereocenters. The Morgan fingerprint density at radius 3 is 3.07 bits per heavy atom. The molecule has 4 N–H and O–H groups in total. The third kappa shape index (κ3) is 1.12. The van der Waals surface area contributed by atoms with Crippen LogP contribution in [0, 0.1) is 0 Å². The molecular formula is C8H8N4O2. The Labute approximate surface area is 78.8 Å². The Morgan fingerprint density at radius 1 is 1.64 bits per heavy atom. The highest BCUT2D eigenvalue weighted by Gasteiger charge is 2.14. The van der Waals surface area contributed by atoms with Crippen molar-refractivity contribution in [2.24, 2.45) is 5.73 Å². The van der Waals surface area contributed by atoms with Crippen molar-refractivity contribution in [3.63, 3.8) is 0 Å². The number of aromatic carboxylic acids is 1. The molecule has 14 heavy (non-hydrogen) atoms. The van der Waals surface area contributed by atoms with Crippen molar-refractivity contribution in [3.8, 4) is 0 Å². The van der Waals surface area contributed by atoms with E-state index in [0.29, 0.717) is 16.7 Å². The van der Waals surface area contributed by atoms with Crippen molar-refractivity contribution in [2.75, 3.05) is 0 Å². The Hall–Kier alpha value is -1.95. The molecule has 0 fully saturated rings. The molecule has 0 aliphatic carbocycles. The zero-order valence-electron chi connectivity index (χ0n) is 7.19. The highest BCUT2D eigenvalue weighted by Crippen LogP contribution is 2.18. The number of nitrogens with zero attached hydrogens (tertiary/aromatic N) is 2. The number of rotatable bonds is 2. The normalized spacial score (nSPS) is 10.6. The van der Waals surface area contributed by atoms with E-state index >= 15 is 0 Å². The molecule has 0 saturated carbocycles. The van der Waals surface area contributed by atoms with Gasteiger partial charge in [0, 0.05) is 12.7 Å². The highest BCUT2D eigenvalue weighted by atomic mass is 16.4. The number of hydrogen-bond donors (Lipinski definition) is 3. The third-order valence-corrected chi connectivity index (χ3v) is 1.96. The molecule has 0 saturated heterocycles. The van der Waals surface area contributed by atoms with Gasteiger partial charge in [0.1, 0.15) is 0 Å². The van der Waals surface area contributed by atoms with Crippen LogP contribution >= 0.6 is 0 Å². The largest absolute Gasteiger partial charge is 0.478 e. The van der Waals surface area contributed by atoms with Crippen molar-refractivity contribution in [2.45, 2.75) is 6.54 Å². The molecule has 2 rings (SSSR count). The summed E-state index contributed by atoms with van der Waals surface area (Å²) in [6, 6.07) is 1.43. The van der Waals surface area contributed by atoms with Crippen LogP contribution in [0.25, 0.3) is 11.0 Å². The van der Waals surface area contributed by atoms with Crippen LogP contribution in [0.1, 0.15) is 16.1 Å². The van der Waals surface area contributed by atoms with E-state index < -0.39 is 5.97 Å². The van der Waals surface area contributed by atoms with E-state index in [1.165, 1.54) is 12.3 Å². The maximum absolute atomic E-state index is 10.9. The van der Waals surface area contributed by atoms with Crippen LogP contribution < -0.4 is 5.73 Å². The topological polar surface area (TPSA) is 105 Å². The van der Waals surface area contributed by atoms with E-state index in [4.69, 9.17) is 10.8 Å². The van der Waals surface area contributed by atoms with Gasteiger partial charge in [0.2, 0.25) is 0 Å². The minimum absolute atomic E-state index is 0.171. The lowest BCUT2D eigenvalue weighted by molar-refractivity contribution is 0.0699. The molecule has 0 unspecified atom stereocenters. The monoisotopic (exact) mass is 192 g/mol. The fourth-order valence-corrected chi connectivity index (χ4v) is 1.34. The summed E-state index contributed by atoms with van der Waals surface area (Å²) < 4.78 is 0. The SMILES string of the molecule is NCc1n[nH]c2nccc(C(=O)O)c12. The van der Waals surface area contributed by atoms with E-state index in [-0.39, 0.29) is 12.1 Å². The molecule has 0 aliphatic rings. The number of carboxylic acids is 1. The Morgan fingerprint density at radius 2 is 2.43 bits per heavy atom. The Bertz CT molecular complexity index is 491. The van der Waals surface area contributed by atoms with Gasteiger partial charge in [-0.15, -0.1) is 0 Å². The molecule has 72 valence electrons. The first-order valence-electron chi connectivity index (χ1n) is 3.99. The summed E-state index contributed by atoms with van der Waals surface area (Å²) in [5.74, 6) is -1.01. The zero-order valence-corrected chi connectivity index (χ0v) is 7.19. The Balaban J connectivity index is 2.81. The first-order chi connectivity index (χ1) is 6.74. The third-order valence-electron chi connectivity index (χ3n) is 1.96. The smallest absolute Gasteiger partial charge is 0.336 e. The van der Waals surface area contributed by atoms with E-state index in [1.54, 1.807) is 0 Å². The number of carboxylic acid groups (broad SMARTS) is 1. The average Bonchev–Trinajstić information content (AvgIpc) is 2.59. The summed E-state index contributed by atoms with van der Waals surface area (Å²) in [7, 11) is 0. The van der Waals surface area contributed by atoms with Gasteiger partial charge in [-0.25, -0.2) is 9.78 Å². The molecule has 2 aromatic rings. The van der Waals surface area contributed by atoms with Gasteiger partial charge >= 0.3 is 5.97 Å². The minimum Gasteiger partial charge on any atom is -0.478 e. The van der Waals surface area contributed by atoms with Gasteiger partial charge in [-0.1, -0.05) is 0 Å². The van der Waals surface area contributed by atoms with E-state index in [2.05, 4.69) is 15.2 Å². The van der Waals surface area contributed by atoms with Crippen LogP contribution in [0.5, 0.6) is 0 Å². The van der Waals surface area contributed by atoms with Crippen molar-refractivity contribution in [3.05, 3.63) is 23.5 Å². The number of aromatic nitrogens is 3. The number of hydrogen-bond acceptors (Lipinski definition) is 4. The molecule has 0 spiro atoms. The lowest BCUT2D eigenvalue weighted by Crippen LogP contribution is -2.02. The maximum atomic E-state index is 10.9. The van der Waals surface area contributed by atoms with E-state index in [0.717, 1.165) is 0 Å². The fraction of sp³-hybridized carbons (Fsp3) is 0.125. The summed E-state index contributed by atoms with van der Waals surface area (Å²) in [4.78, 5) is 14.8. The van der Waals surface area contributed by atoms with Crippen molar-refractivity contribution in [1.29, 1.82) is 0 Å². The lowest BCUT2D eigenvalue weighted by atomic mass is 10.1. The molecule has 6 nitrogen and oxygen atoms in total. The maximum Gasteiger partial charge on any atom is 0.336 e. The second-order valence-corrected chi connectivity index (χ2v) is 2.76. The predicted molar refractivity (Wildman–Crippen MR) is 48.7 cm³/mol. The lowest BCUT2D eigenvalue weighted by Gasteiger charge is -1.96. The van der Waals surface area contributed by atoms with Gasteiger partial charge < -0.3 is 10.8 Å². The van der Waals surface area contributed by atoms with Crippen molar-refractivity contribution >= 4 is 17.0 Å². The molecule has 0 amide bonds. The summed E-state index contributed by atoms with van der Waals surface area (Å²) in [6.07, 6.45) is 1.42. The number of H-pyrrole nitrogens is 1. The summed E-state index contributed by atoms with van der Waals surface area (Å²) in [5.41, 5.74) is 6.57. The molecule has 6 heteroatoms. The number of nitrogens with one attached hydrogen (secondary N) is 1. The standard InChI is InChI=1S/C8H8N4O2/c9-3-5-6-4(8(13)14)1-2-10-7(6)12-11-5/h1-2H,3,9H2,(H,13,14)(H,10,11,12). The highest BCUT2D eigenvalue weighted by molar-refractivity contribution is 6.02. The van der Waals surface area contributed by atoms with E-state index in [1.807, 2.05) is 0 Å². The number of nitrogens with two attached hydrogens (primary N) is 1. The van der Waals surface area contributed by atoms with Gasteiger partial charge in [-0.2, -0.15) is 5.10 Å². The first kappa shape index (κ1) is 8.64. The molecular weight excluding hydrogens is 184 g/mol. The van der Waals surface area contributed by atoms with Gasteiger partial charge in [-0.05, 0) is 6.07 Å². The summed E-state index contributed by atoms with van der Waals surface area (Å²) >= 11 is 0. The van der Waals surface area contributed by atoms with Gasteiger partial charge in [-0.3, -0.25) is 5.10 Å². The molecule has 0 radical (unpaired) electrons. The van der Waals surface area contributed by atoms with Crippen LogP contribution in [0.3, 0.4) is 0 Å². The second-order valence-electron chi connectivity index (χ2n) is 2.76. The number of carbonyl (C=O) groups is 1. The van der Waals surface area contributed by atoms with Crippen molar-refractivity contribution < 1.29 is 9.90 Å². The Kier molecular flexibility index (Phi) is 1.90. The number of aromatic amines is 1. The van der Waals surface area contributed by atoms with Crippen molar-refractivity contribution in [1.82, 2.24) is 15.2 Å². The molecule has 0 bridgehead atoms. The average molecular weight is 192 g/mol. The minimum atomic E-state index is -1.01. The molecule has 2 aromatic heterocycles. The van der Waals surface area contributed by atoms with Crippen LogP contribution in [0.2, 0.25) is 0 Å². The summed E-state index contributed by atoms with van der Waals surface area (Å²) in [5, 5.41) is 15.9. The molecule has 0 aliphatic heterocycles. The van der Waals surface area contributed by atoms with Gasteiger partial charge in [0.15, 0.2) is 5.65 Å². The fourth-order valence-electron chi connectivity index (χ4n) is 1.34. The van der Waals surface area contributed by atoms with Gasteiger partial charge in [0.05, 0.1) is 16.6 Å². The zero-order chi connectivity index (χ0) is 10.1. The summed E-state index contributed by atoms with van der Waals surface area (Å²) in [6.45, 7) is 0.186. The predicted octanol–water partition coefficient (Wildman–Crippen LogP) is 0.115. The molecule has 0 aromatic carbocycles. The molecule has 2 heterocycles.